The number of nitrogens with zero attached hydrogens (tertiary/aromatic N) is 2. The first kappa shape index (κ1) is 38.3. The van der Waals surface area contributed by atoms with Gasteiger partial charge in [0, 0.05) is 32.1 Å². The van der Waals surface area contributed by atoms with Crippen molar-refractivity contribution in [3.8, 4) is 5.75 Å². The summed E-state index contributed by atoms with van der Waals surface area (Å²) in [7, 11) is 0. The minimum atomic E-state index is -0.707. The third-order valence-corrected chi connectivity index (χ3v) is 11.9. The van der Waals surface area contributed by atoms with Crippen LogP contribution in [-0.4, -0.2) is 78.4 Å². The van der Waals surface area contributed by atoms with Crippen molar-refractivity contribution in [2.75, 3.05) is 32.7 Å². The van der Waals surface area contributed by atoms with Gasteiger partial charge in [0.1, 0.15) is 11.8 Å². The molecule has 1 saturated heterocycles. The second kappa shape index (κ2) is 16.6. The van der Waals surface area contributed by atoms with Crippen molar-refractivity contribution in [3.05, 3.63) is 65.2 Å². The third kappa shape index (κ3) is 8.76. The van der Waals surface area contributed by atoms with Crippen LogP contribution in [0.1, 0.15) is 96.3 Å². The van der Waals surface area contributed by atoms with Gasteiger partial charge in [0.15, 0.2) is 0 Å². The van der Waals surface area contributed by atoms with Crippen molar-refractivity contribution in [1.29, 1.82) is 0 Å². The number of piperidine rings is 1. The highest BCUT2D eigenvalue weighted by atomic mass is 16.3. The van der Waals surface area contributed by atoms with Gasteiger partial charge < -0.3 is 26.8 Å². The fourth-order valence-electron chi connectivity index (χ4n) is 8.59. The Morgan fingerprint density at radius 1 is 1.10 bits per heavy atom. The van der Waals surface area contributed by atoms with Crippen LogP contribution in [0.15, 0.2) is 53.5 Å². The zero-order chi connectivity index (χ0) is 36.8. The first-order chi connectivity index (χ1) is 24.4. The van der Waals surface area contributed by atoms with Gasteiger partial charge in [0.2, 0.25) is 17.7 Å². The number of phenolic OH excluding ortho intramolecular Hbond substituents is 1. The molecule has 6 N–H and O–H groups in total. The predicted octanol–water partition coefficient (Wildman–Crippen LogP) is 4.58. The van der Waals surface area contributed by atoms with Gasteiger partial charge in [-0.15, -0.1) is 0 Å². The Hall–Kier alpha value is -3.92. The van der Waals surface area contributed by atoms with Crippen LogP contribution < -0.4 is 21.7 Å². The molecular weight excluding hydrogens is 640 g/mol. The summed E-state index contributed by atoms with van der Waals surface area (Å²) >= 11 is 0. The number of carbonyl (C=O) groups is 3. The maximum absolute atomic E-state index is 14.1. The van der Waals surface area contributed by atoms with Gasteiger partial charge in [-0.05, 0) is 97.1 Å². The zero-order valence-electron chi connectivity index (χ0n) is 31.3. The van der Waals surface area contributed by atoms with Crippen LogP contribution in [0.3, 0.4) is 0 Å². The summed E-state index contributed by atoms with van der Waals surface area (Å²) in [6.07, 6.45) is 6.65. The first-order valence-corrected chi connectivity index (χ1v) is 19.1. The number of hydrogen-bond acceptors (Lipinski definition) is 6. The van der Waals surface area contributed by atoms with E-state index in [1.54, 1.807) is 6.07 Å². The van der Waals surface area contributed by atoms with E-state index in [1.807, 2.05) is 50.2 Å². The lowest BCUT2D eigenvalue weighted by Gasteiger charge is -2.55. The van der Waals surface area contributed by atoms with E-state index >= 15 is 0 Å². The fourth-order valence-corrected chi connectivity index (χ4v) is 8.59. The molecule has 278 valence electrons. The number of unbranched alkanes of at least 4 members (excludes halogenated alkanes) is 1. The molecule has 5 rings (SSSR count). The molecule has 1 saturated carbocycles. The van der Waals surface area contributed by atoms with Gasteiger partial charge >= 0.3 is 0 Å². The summed E-state index contributed by atoms with van der Waals surface area (Å²) in [5, 5.41) is 19.0. The monoisotopic (exact) mass is 700 g/mol. The Kier molecular flexibility index (Phi) is 12.5. The number of rotatable bonds is 17. The number of carbonyl (C=O) groups excluding carboxylic acids is 3. The fraction of sp³-hybridized carbons (Fsp3) is 0.610. The van der Waals surface area contributed by atoms with Crippen molar-refractivity contribution in [1.82, 2.24) is 20.9 Å². The lowest BCUT2D eigenvalue weighted by Crippen LogP contribution is -2.58. The van der Waals surface area contributed by atoms with E-state index in [1.165, 1.54) is 11.1 Å². The van der Waals surface area contributed by atoms with E-state index in [9.17, 15) is 19.5 Å². The molecule has 6 atom stereocenters. The molecule has 0 spiro atoms. The van der Waals surface area contributed by atoms with E-state index in [-0.39, 0.29) is 41.5 Å². The van der Waals surface area contributed by atoms with Crippen LogP contribution in [-0.2, 0) is 31.6 Å². The summed E-state index contributed by atoms with van der Waals surface area (Å²) in [6.45, 7) is 13.3. The van der Waals surface area contributed by atoms with Crippen molar-refractivity contribution in [2.24, 2.45) is 28.5 Å². The lowest BCUT2D eigenvalue weighted by atomic mass is 9.59. The molecule has 4 unspecified atom stereocenters. The molecule has 1 aliphatic heterocycles. The van der Waals surface area contributed by atoms with Gasteiger partial charge in [0.25, 0.3) is 0 Å². The van der Waals surface area contributed by atoms with E-state index < -0.39 is 11.5 Å². The molecule has 10 heteroatoms. The maximum Gasteiger partial charge on any atom is 0.242 e. The number of hydrogen-bond donors (Lipinski definition) is 5. The molecule has 3 aliphatic rings. The Morgan fingerprint density at radius 2 is 1.86 bits per heavy atom. The Balaban J connectivity index is 1.18. The average Bonchev–Trinajstić information content (AvgIpc) is 3.84. The summed E-state index contributed by atoms with van der Waals surface area (Å²) < 4.78 is 0. The first-order valence-electron chi connectivity index (χ1n) is 19.1. The molecule has 51 heavy (non-hydrogen) atoms. The normalized spacial score (nSPS) is 26.2. The van der Waals surface area contributed by atoms with Crippen molar-refractivity contribution in [3.63, 3.8) is 0 Å². The number of benzene rings is 2. The largest absolute Gasteiger partial charge is 0.508 e. The molecule has 2 fully saturated rings. The van der Waals surface area contributed by atoms with Crippen LogP contribution in [0.5, 0.6) is 5.75 Å². The quantitative estimate of drug-likeness (QED) is 0.0928. The Morgan fingerprint density at radius 3 is 2.59 bits per heavy atom. The van der Waals surface area contributed by atoms with Gasteiger partial charge in [-0.3, -0.25) is 24.3 Å². The molecule has 2 aromatic rings. The third-order valence-electron chi connectivity index (χ3n) is 11.9. The van der Waals surface area contributed by atoms with Crippen LogP contribution in [0.25, 0.3) is 0 Å². The lowest BCUT2D eigenvalue weighted by molar-refractivity contribution is -0.130. The van der Waals surface area contributed by atoms with E-state index in [4.69, 9.17) is 5.73 Å². The summed E-state index contributed by atoms with van der Waals surface area (Å²) in [6, 6.07) is 15.4. The highest BCUT2D eigenvalue weighted by Gasteiger charge is 2.62. The number of amides is 3. The summed E-state index contributed by atoms with van der Waals surface area (Å²) in [5.41, 5.74) is 8.79. The number of aliphatic imine (C=N–C) groups is 1. The number of aromatic hydroxyl groups is 1. The Bertz CT molecular complexity index is 1560. The van der Waals surface area contributed by atoms with Gasteiger partial charge in [-0.25, -0.2) is 0 Å². The smallest absolute Gasteiger partial charge is 0.242 e. The SMILES string of the molecule is CCCCC(N)=NCCCNC(=O)C(CC(C)C)NC(=O)CNC(=O)[C@]1(c2ccccc2)CC1CN1CC[C@@]2(C)c3cc(O)ccc3CC1C2C. The number of fused-ring (bicyclic) bond motifs is 4. The number of likely N-dealkylation sites (tertiary alicyclic amines) is 1. The highest BCUT2D eigenvalue weighted by Crippen LogP contribution is 2.56. The molecule has 2 aromatic carbocycles. The standard InChI is InChI=1S/C41H60N6O4/c1-6-7-14-36(42)43-18-11-19-44-38(50)34(21-27(2)3)46-37(49)25-45-39(51)41(30-12-9-8-10-13-30)24-31(41)26-47-20-17-40(5)28(4)35(47)22-29-15-16-32(48)23-33(29)40/h8-10,12-13,15-16,23,27-28,31,34-35,48H,6-7,11,14,17-22,24-26H2,1-5H3,(H2,42,43)(H,44,50)(H,45,51)(H,46,49)/t28?,31?,34?,35?,40-,41+/m1/s1. The maximum atomic E-state index is 14.1. The molecule has 10 nitrogen and oxygen atoms in total. The summed E-state index contributed by atoms with van der Waals surface area (Å²) in [5.74, 6) is 0.927. The van der Waals surface area contributed by atoms with Gasteiger partial charge in [-0.2, -0.15) is 0 Å². The predicted molar refractivity (Wildman–Crippen MR) is 203 cm³/mol. The van der Waals surface area contributed by atoms with Crippen LogP contribution in [0, 0.1) is 17.8 Å². The minimum absolute atomic E-state index is 0.000377. The van der Waals surface area contributed by atoms with Crippen LogP contribution >= 0.6 is 0 Å². The van der Waals surface area contributed by atoms with E-state index in [0.29, 0.717) is 49.5 Å². The van der Waals surface area contributed by atoms with Crippen molar-refractivity contribution in [2.45, 2.75) is 109 Å². The van der Waals surface area contributed by atoms with Crippen LogP contribution in [0.2, 0.25) is 0 Å². The summed E-state index contributed by atoms with van der Waals surface area (Å²) in [4.78, 5) is 47.3. The van der Waals surface area contributed by atoms with Crippen molar-refractivity contribution >= 4 is 23.6 Å². The average molecular weight is 701 g/mol. The Labute approximate surface area is 304 Å². The van der Waals surface area contributed by atoms with Crippen molar-refractivity contribution < 1.29 is 19.5 Å². The zero-order valence-corrected chi connectivity index (χ0v) is 31.3. The van der Waals surface area contributed by atoms with E-state index in [2.05, 4.69) is 52.7 Å². The van der Waals surface area contributed by atoms with E-state index in [0.717, 1.165) is 57.2 Å². The second-order valence-electron chi connectivity index (χ2n) is 15.9. The molecular formula is C41H60N6O4. The number of phenols is 1. The number of nitrogens with one attached hydrogen (secondary N) is 3. The molecule has 0 aromatic heterocycles. The number of nitrogens with two attached hydrogens (primary N) is 1. The second-order valence-corrected chi connectivity index (χ2v) is 15.9. The molecule has 2 aliphatic carbocycles. The number of amidine groups is 1. The van der Waals surface area contributed by atoms with Crippen LogP contribution in [0.4, 0.5) is 0 Å². The molecule has 1 heterocycles. The van der Waals surface area contributed by atoms with Gasteiger partial charge in [-0.1, -0.05) is 77.4 Å². The topological polar surface area (TPSA) is 149 Å². The highest BCUT2D eigenvalue weighted by molar-refractivity contribution is 5.95. The minimum Gasteiger partial charge on any atom is -0.508 e. The molecule has 0 radical (unpaired) electrons. The molecule has 2 bridgehead atoms. The van der Waals surface area contributed by atoms with Gasteiger partial charge in [0.05, 0.1) is 17.8 Å². The molecule has 3 amide bonds.